The molecule has 0 fully saturated rings. The van der Waals surface area contributed by atoms with Crippen molar-refractivity contribution < 1.29 is 4.52 Å². The van der Waals surface area contributed by atoms with E-state index >= 15 is 0 Å². The number of hydrogen-bond donors (Lipinski definition) is 1. The van der Waals surface area contributed by atoms with E-state index in [2.05, 4.69) is 15.1 Å². The van der Waals surface area contributed by atoms with Gasteiger partial charge >= 0.3 is 0 Å². The summed E-state index contributed by atoms with van der Waals surface area (Å²) in [7, 11) is 0. The standard InChI is InChI=1S/C14H12N4OS/c15-11-6-7-13(16-8-11)20-9-12-17-14(18-19-12)10-4-2-1-3-5-10/h1-8H,9,15H2. The van der Waals surface area contributed by atoms with Crippen LogP contribution in [0.4, 0.5) is 5.69 Å². The number of benzene rings is 1. The molecule has 2 N–H and O–H groups in total. The maximum absolute atomic E-state index is 5.59. The lowest BCUT2D eigenvalue weighted by molar-refractivity contribution is 0.391. The monoisotopic (exact) mass is 284 g/mol. The summed E-state index contributed by atoms with van der Waals surface area (Å²) in [4.78, 5) is 8.57. The quantitative estimate of drug-likeness (QED) is 0.742. The van der Waals surface area contributed by atoms with Gasteiger partial charge in [-0.25, -0.2) is 4.98 Å². The molecule has 0 bridgehead atoms. The van der Waals surface area contributed by atoms with Crippen LogP contribution in [-0.2, 0) is 5.75 Å². The smallest absolute Gasteiger partial charge is 0.237 e. The summed E-state index contributed by atoms with van der Waals surface area (Å²) in [5, 5.41) is 4.85. The minimum absolute atomic E-state index is 0.576. The van der Waals surface area contributed by atoms with Crippen LogP contribution < -0.4 is 5.73 Å². The van der Waals surface area contributed by atoms with E-state index in [1.165, 1.54) is 11.8 Å². The number of pyridine rings is 1. The van der Waals surface area contributed by atoms with Gasteiger partial charge in [0.1, 0.15) is 0 Å². The van der Waals surface area contributed by atoms with Gasteiger partial charge in [-0.2, -0.15) is 4.98 Å². The van der Waals surface area contributed by atoms with Crippen molar-refractivity contribution >= 4 is 17.4 Å². The van der Waals surface area contributed by atoms with Gasteiger partial charge in [-0.1, -0.05) is 47.3 Å². The highest BCUT2D eigenvalue weighted by Crippen LogP contribution is 2.22. The Bertz CT molecular complexity index is 682. The van der Waals surface area contributed by atoms with E-state index in [1.807, 2.05) is 42.5 Å². The fourth-order valence-electron chi connectivity index (χ4n) is 1.63. The van der Waals surface area contributed by atoms with E-state index in [0.29, 0.717) is 23.2 Å². The van der Waals surface area contributed by atoms with E-state index in [4.69, 9.17) is 10.3 Å². The molecule has 0 saturated carbocycles. The summed E-state index contributed by atoms with van der Waals surface area (Å²) in [5.41, 5.74) is 7.18. The molecule has 2 aromatic heterocycles. The molecule has 3 rings (SSSR count). The van der Waals surface area contributed by atoms with Gasteiger partial charge in [0.15, 0.2) is 0 Å². The first-order chi connectivity index (χ1) is 9.81. The first kappa shape index (κ1) is 12.7. The summed E-state index contributed by atoms with van der Waals surface area (Å²) >= 11 is 1.53. The van der Waals surface area contributed by atoms with E-state index in [9.17, 15) is 0 Å². The highest BCUT2D eigenvalue weighted by Gasteiger charge is 2.08. The minimum atomic E-state index is 0.576. The number of nitrogens with two attached hydrogens (primary N) is 1. The number of thioether (sulfide) groups is 1. The molecule has 5 nitrogen and oxygen atoms in total. The van der Waals surface area contributed by atoms with E-state index < -0.39 is 0 Å². The van der Waals surface area contributed by atoms with Gasteiger partial charge in [0.05, 0.1) is 22.7 Å². The van der Waals surface area contributed by atoms with Crippen LogP contribution >= 0.6 is 11.8 Å². The Morgan fingerprint density at radius 3 is 2.70 bits per heavy atom. The molecule has 0 unspecified atom stereocenters. The largest absolute Gasteiger partial charge is 0.397 e. The molecule has 0 atom stereocenters. The average molecular weight is 284 g/mol. The predicted octanol–water partition coefficient (Wildman–Crippen LogP) is 3.01. The second-order valence-electron chi connectivity index (χ2n) is 4.10. The van der Waals surface area contributed by atoms with Crippen molar-refractivity contribution in [3.05, 3.63) is 54.6 Å². The fourth-order valence-corrected chi connectivity index (χ4v) is 2.31. The zero-order chi connectivity index (χ0) is 13.8. The Hall–Kier alpha value is -2.34. The molecule has 100 valence electrons. The molecule has 0 radical (unpaired) electrons. The number of hydrogen-bond acceptors (Lipinski definition) is 6. The van der Waals surface area contributed by atoms with Gasteiger partial charge in [-0.3, -0.25) is 0 Å². The molecule has 3 aromatic rings. The van der Waals surface area contributed by atoms with E-state index in [-0.39, 0.29) is 0 Å². The molecule has 0 amide bonds. The van der Waals surface area contributed by atoms with Crippen molar-refractivity contribution in [3.8, 4) is 11.4 Å². The first-order valence-electron chi connectivity index (χ1n) is 6.03. The van der Waals surface area contributed by atoms with Gasteiger partial charge in [0.25, 0.3) is 0 Å². The summed E-state index contributed by atoms with van der Waals surface area (Å²) in [5.74, 6) is 1.76. The van der Waals surface area contributed by atoms with Crippen LogP contribution in [0.2, 0.25) is 0 Å². The third-order valence-electron chi connectivity index (χ3n) is 2.60. The summed E-state index contributed by atoms with van der Waals surface area (Å²) in [6.07, 6.45) is 1.63. The third kappa shape index (κ3) is 2.97. The van der Waals surface area contributed by atoms with Crippen LogP contribution in [0.25, 0.3) is 11.4 Å². The van der Waals surface area contributed by atoms with E-state index in [0.717, 1.165) is 10.6 Å². The van der Waals surface area contributed by atoms with Gasteiger partial charge in [0.2, 0.25) is 11.7 Å². The van der Waals surface area contributed by atoms with Crippen LogP contribution in [-0.4, -0.2) is 15.1 Å². The van der Waals surface area contributed by atoms with Gasteiger partial charge in [-0.05, 0) is 12.1 Å². The number of nitrogens with zero attached hydrogens (tertiary/aromatic N) is 3. The maximum Gasteiger partial charge on any atom is 0.237 e. The zero-order valence-electron chi connectivity index (χ0n) is 10.6. The lowest BCUT2D eigenvalue weighted by Crippen LogP contribution is -1.87. The molecular formula is C14H12N4OS. The number of anilines is 1. The Morgan fingerprint density at radius 2 is 1.95 bits per heavy atom. The minimum Gasteiger partial charge on any atom is -0.397 e. The van der Waals surface area contributed by atoms with Crippen molar-refractivity contribution in [2.75, 3.05) is 5.73 Å². The zero-order valence-corrected chi connectivity index (χ0v) is 11.4. The first-order valence-corrected chi connectivity index (χ1v) is 7.02. The Kier molecular flexibility index (Phi) is 3.64. The predicted molar refractivity (Wildman–Crippen MR) is 77.9 cm³/mol. The molecule has 0 aliphatic rings. The highest BCUT2D eigenvalue weighted by molar-refractivity contribution is 7.98. The fraction of sp³-hybridized carbons (Fsp3) is 0.0714. The normalized spacial score (nSPS) is 10.6. The molecule has 0 aliphatic heterocycles. The molecule has 20 heavy (non-hydrogen) atoms. The van der Waals surface area contributed by atoms with Crippen LogP contribution in [0.5, 0.6) is 0 Å². The van der Waals surface area contributed by atoms with Crippen LogP contribution in [0, 0.1) is 0 Å². The number of nitrogen functional groups attached to an aromatic ring is 1. The SMILES string of the molecule is Nc1ccc(SCc2nc(-c3ccccc3)no2)nc1. The second kappa shape index (κ2) is 5.75. The highest BCUT2D eigenvalue weighted by atomic mass is 32.2. The number of aromatic nitrogens is 3. The van der Waals surface area contributed by atoms with Crippen molar-refractivity contribution in [3.63, 3.8) is 0 Å². The molecule has 0 saturated heterocycles. The Morgan fingerprint density at radius 1 is 1.10 bits per heavy atom. The third-order valence-corrected chi connectivity index (χ3v) is 3.53. The summed E-state index contributed by atoms with van der Waals surface area (Å²) in [6, 6.07) is 13.4. The van der Waals surface area contributed by atoms with Crippen molar-refractivity contribution in [1.29, 1.82) is 0 Å². The van der Waals surface area contributed by atoms with Crippen LogP contribution in [0.15, 0.2) is 58.2 Å². The van der Waals surface area contributed by atoms with E-state index in [1.54, 1.807) is 6.20 Å². The molecule has 0 aliphatic carbocycles. The van der Waals surface area contributed by atoms with Gasteiger partial charge < -0.3 is 10.3 Å². The van der Waals surface area contributed by atoms with Crippen LogP contribution in [0.1, 0.15) is 5.89 Å². The van der Waals surface area contributed by atoms with Crippen molar-refractivity contribution in [2.45, 2.75) is 10.8 Å². The van der Waals surface area contributed by atoms with Crippen molar-refractivity contribution in [1.82, 2.24) is 15.1 Å². The average Bonchev–Trinajstić information content (AvgIpc) is 2.97. The molecule has 1 aromatic carbocycles. The molecular weight excluding hydrogens is 272 g/mol. The van der Waals surface area contributed by atoms with Gasteiger partial charge in [-0.15, -0.1) is 0 Å². The maximum atomic E-state index is 5.59. The second-order valence-corrected chi connectivity index (χ2v) is 5.09. The molecule has 6 heteroatoms. The van der Waals surface area contributed by atoms with Crippen molar-refractivity contribution in [2.24, 2.45) is 0 Å². The molecule has 0 spiro atoms. The number of rotatable bonds is 4. The lowest BCUT2D eigenvalue weighted by Gasteiger charge is -1.97. The lowest BCUT2D eigenvalue weighted by atomic mass is 10.2. The Balaban J connectivity index is 1.67. The topological polar surface area (TPSA) is 77.8 Å². The van der Waals surface area contributed by atoms with Crippen LogP contribution in [0.3, 0.4) is 0 Å². The summed E-state index contributed by atoms with van der Waals surface area (Å²) < 4.78 is 5.23. The summed E-state index contributed by atoms with van der Waals surface area (Å²) in [6.45, 7) is 0. The Labute approximate surface area is 120 Å². The van der Waals surface area contributed by atoms with Gasteiger partial charge in [0, 0.05) is 5.56 Å². The molecule has 2 heterocycles.